The molecule has 0 amide bonds. The Bertz CT molecular complexity index is 437. The first-order chi connectivity index (χ1) is 6.68. The van der Waals surface area contributed by atoms with Crippen molar-refractivity contribution in [3.63, 3.8) is 0 Å². The van der Waals surface area contributed by atoms with Crippen LogP contribution in [0.4, 0.5) is 0 Å². The average molecular weight is 337 g/mol. The van der Waals surface area contributed by atoms with Crippen molar-refractivity contribution in [2.75, 3.05) is 0 Å². The topological polar surface area (TPSA) is 39.2 Å². The van der Waals surface area contributed by atoms with Gasteiger partial charge in [0.05, 0.1) is 6.04 Å². The van der Waals surface area contributed by atoms with E-state index in [4.69, 9.17) is 10.2 Å². The monoisotopic (exact) mass is 335 g/mol. The molecule has 0 aliphatic heterocycles. The minimum atomic E-state index is -0.198. The molecule has 1 atom stereocenters. The van der Waals surface area contributed by atoms with Gasteiger partial charge in [0, 0.05) is 9.35 Å². The van der Waals surface area contributed by atoms with Crippen LogP contribution in [0.15, 0.2) is 37.1 Å². The quantitative estimate of drug-likeness (QED) is 0.902. The molecule has 0 aliphatic rings. The molecule has 0 saturated heterocycles. The van der Waals surface area contributed by atoms with Crippen molar-refractivity contribution >= 4 is 43.2 Å². The van der Waals surface area contributed by atoms with Gasteiger partial charge in [-0.25, -0.2) is 0 Å². The van der Waals surface area contributed by atoms with Crippen LogP contribution in [0.1, 0.15) is 16.7 Å². The van der Waals surface area contributed by atoms with Crippen molar-refractivity contribution in [2.45, 2.75) is 6.04 Å². The van der Waals surface area contributed by atoms with Gasteiger partial charge in [-0.1, -0.05) is 0 Å². The molecule has 0 saturated carbocycles. The average Bonchev–Trinajstić information content (AvgIpc) is 2.73. The molecule has 0 fully saturated rings. The second kappa shape index (κ2) is 4.18. The standard InChI is InChI=1S/C9H7Br2NOS/c10-5-3-4-14-9(5)8(12)6-1-2-7(11)13-6/h1-4,8H,12H2. The number of halogens is 2. The number of furan rings is 1. The molecule has 0 bridgehead atoms. The fraction of sp³-hybridized carbons (Fsp3) is 0.111. The third-order valence-corrected chi connectivity index (χ3v) is 4.21. The summed E-state index contributed by atoms with van der Waals surface area (Å²) in [5.41, 5.74) is 6.04. The second-order valence-corrected chi connectivity index (χ2v) is 5.34. The lowest BCUT2D eigenvalue weighted by Gasteiger charge is -2.06. The van der Waals surface area contributed by atoms with Gasteiger partial charge in [-0.05, 0) is 55.4 Å². The van der Waals surface area contributed by atoms with E-state index in [1.165, 1.54) is 0 Å². The predicted octanol–water partition coefficient (Wildman–Crippen LogP) is 3.91. The molecular formula is C9H7Br2NOS. The molecule has 14 heavy (non-hydrogen) atoms. The van der Waals surface area contributed by atoms with E-state index in [1.807, 2.05) is 23.6 Å². The highest BCUT2D eigenvalue weighted by atomic mass is 79.9. The van der Waals surface area contributed by atoms with E-state index in [1.54, 1.807) is 11.3 Å². The molecule has 2 rings (SSSR count). The van der Waals surface area contributed by atoms with E-state index in [0.717, 1.165) is 15.1 Å². The third-order valence-electron chi connectivity index (χ3n) is 1.83. The number of hydrogen-bond donors (Lipinski definition) is 1. The zero-order valence-corrected chi connectivity index (χ0v) is 11.0. The van der Waals surface area contributed by atoms with E-state index in [0.29, 0.717) is 4.67 Å². The summed E-state index contributed by atoms with van der Waals surface area (Å²) < 4.78 is 7.14. The van der Waals surface area contributed by atoms with Crippen molar-refractivity contribution in [3.05, 3.63) is 43.4 Å². The predicted molar refractivity (Wildman–Crippen MR) is 64.5 cm³/mol. The van der Waals surface area contributed by atoms with Gasteiger partial charge in [0.25, 0.3) is 0 Å². The zero-order valence-electron chi connectivity index (χ0n) is 7.04. The molecule has 0 spiro atoms. The number of rotatable bonds is 2. The Balaban J connectivity index is 2.33. The summed E-state index contributed by atoms with van der Waals surface area (Å²) in [4.78, 5) is 1.08. The van der Waals surface area contributed by atoms with E-state index in [9.17, 15) is 0 Å². The molecule has 2 heterocycles. The van der Waals surface area contributed by atoms with Gasteiger partial charge in [-0.15, -0.1) is 11.3 Å². The molecule has 1 unspecified atom stereocenters. The molecule has 0 radical (unpaired) electrons. The maximum atomic E-state index is 6.04. The zero-order chi connectivity index (χ0) is 10.1. The normalized spacial score (nSPS) is 13.1. The fourth-order valence-electron chi connectivity index (χ4n) is 1.15. The lowest BCUT2D eigenvalue weighted by Crippen LogP contribution is -2.09. The SMILES string of the molecule is NC(c1ccc(Br)o1)c1sccc1Br. The van der Waals surface area contributed by atoms with Crippen LogP contribution in [-0.4, -0.2) is 0 Å². The molecular weight excluding hydrogens is 330 g/mol. The summed E-state index contributed by atoms with van der Waals surface area (Å²) in [6, 6.07) is 5.51. The van der Waals surface area contributed by atoms with E-state index in [-0.39, 0.29) is 6.04 Å². The molecule has 2 nitrogen and oxygen atoms in total. The van der Waals surface area contributed by atoms with Crippen LogP contribution in [0.3, 0.4) is 0 Å². The van der Waals surface area contributed by atoms with Gasteiger partial charge < -0.3 is 10.2 Å². The Labute approximate surface area is 102 Å². The van der Waals surface area contributed by atoms with Crippen LogP contribution in [0.2, 0.25) is 0 Å². The Morgan fingerprint density at radius 3 is 2.57 bits per heavy atom. The first-order valence-electron chi connectivity index (χ1n) is 3.92. The molecule has 0 aromatic carbocycles. The summed E-state index contributed by atoms with van der Waals surface area (Å²) in [5.74, 6) is 0.764. The molecule has 2 aromatic heterocycles. The number of hydrogen-bond acceptors (Lipinski definition) is 3. The van der Waals surface area contributed by atoms with Crippen LogP contribution >= 0.6 is 43.2 Å². The first-order valence-corrected chi connectivity index (χ1v) is 6.39. The van der Waals surface area contributed by atoms with Crippen molar-refractivity contribution in [3.8, 4) is 0 Å². The third kappa shape index (κ3) is 1.95. The van der Waals surface area contributed by atoms with Crippen molar-refractivity contribution in [1.29, 1.82) is 0 Å². The molecule has 0 aliphatic carbocycles. The highest BCUT2D eigenvalue weighted by Gasteiger charge is 2.16. The minimum Gasteiger partial charge on any atom is -0.452 e. The number of nitrogens with two attached hydrogens (primary N) is 1. The van der Waals surface area contributed by atoms with Crippen LogP contribution in [0, 0.1) is 0 Å². The van der Waals surface area contributed by atoms with Gasteiger partial charge in [0.2, 0.25) is 0 Å². The summed E-state index contributed by atoms with van der Waals surface area (Å²) in [5, 5.41) is 2.00. The van der Waals surface area contributed by atoms with Gasteiger partial charge >= 0.3 is 0 Å². The van der Waals surface area contributed by atoms with Gasteiger partial charge in [0.15, 0.2) is 4.67 Å². The maximum absolute atomic E-state index is 6.04. The maximum Gasteiger partial charge on any atom is 0.169 e. The van der Waals surface area contributed by atoms with Gasteiger partial charge in [0.1, 0.15) is 5.76 Å². The van der Waals surface area contributed by atoms with Crippen LogP contribution < -0.4 is 5.73 Å². The summed E-state index contributed by atoms with van der Waals surface area (Å²) in [6.45, 7) is 0. The Hall–Kier alpha value is -0.100. The first kappa shape index (κ1) is 10.4. The largest absolute Gasteiger partial charge is 0.452 e. The smallest absolute Gasteiger partial charge is 0.169 e. The van der Waals surface area contributed by atoms with Crippen LogP contribution in [0.5, 0.6) is 0 Å². The van der Waals surface area contributed by atoms with E-state index >= 15 is 0 Å². The van der Waals surface area contributed by atoms with Crippen LogP contribution in [0.25, 0.3) is 0 Å². The van der Waals surface area contributed by atoms with Crippen molar-refractivity contribution < 1.29 is 4.42 Å². The highest BCUT2D eigenvalue weighted by molar-refractivity contribution is 9.10. The lowest BCUT2D eigenvalue weighted by atomic mass is 10.2. The molecule has 2 N–H and O–H groups in total. The second-order valence-electron chi connectivity index (χ2n) is 2.75. The summed E-state index contributed by atoms with van der Waals surface area (Å²) in [6.07, 6.45) is 0. The van der Waals surface area contributed by atoms with E-state index < -0.39 is 0 Å². The highest BCUT2D eigenvalue weighted by Crippen LogP contribution is 2.32. The van der Waals surface area contributed by atoms with Crippen molar-refractivity contribution in [2.24, 2.45) is 5.73 Å². The lowest BCUT2D eigenvalue weighted by molar-refractivity contribution is 0.472. The minimum absolute atomic E-state index is 0.198. The van der Waals surface area contributed by atoms with Gasteiger partial charge in [-0.3, -0.25) is 0 Å². The summed E-state index contributed by atoms with van der Waals surface area (Å²) >= 11 is 8.31. The molecule has 2 aromatic rings. The Morgan fingerprint density at radius 2 is 2.07 bits per heavy atom. The Morgan fingerprint density at radius 1 is 1.29 bits per heavy atom. The fourth-order valence-corrected chi connectivity index (χ4v) is 3.10. The number of thiophene rings is 1. The van der Waals surface area contributed by atoms with Crippen LogP contribution in [-0.2, 0) is 0 Å². The Kier molecular flexibility index (Phi) is 3.11. The van der Waals surface area contributed by atoms with Gasteiger partial charge in [-0.2, -0.15) is 0 Å². The molecule has 5 heteroatoms. The molecule has 74 valence electrons. The van der Waals surface area contributed by atoms with E-state index in [2.05, 4.69) is 31.9 Å². The summed E-state index contributed by atoms with van der Waals surface area (Å²) in [7, 11) is 0. The van der Waals surface area contributed by atoms with Crippen molar-refractivity contribution in [1.82, 2.24) is 0 Å².